The number of rotatable bonds is 8. The van der Waals surface area contributed by atoms with Gasteiger partial charge in [-0.15, -0.1) is 0 Å². The van der Waals surface area contributed by atoms with Crippen LogP contribution in [0.25, 0.3) is 0 Å². The summed E-state index contributed by atoms with van der Waals surface area (Å²) in [4.78, 5) is 26.2. The summed E-state index contributed by atoms with van der Waals surface area (Å²) in [5.74, 6) is 1.17. The average molecular weight is 366 g/mol. The molecule has 1 fully saturated rings. The van der Waals surface area contributed by atoms with Crippen molar-refractivity contribution in [2.24, 2.45) is 5.92 Å². The topological polar surface area (TPSA) is 58.6 Å². The van der Waals surface area contributed by atoms with Crippen molar-refractivity contribution in [2.75, 3.05) is 20.2 Å². The molecule has 3 rings (SSSR count). The number of amides is 2. The molecule has 1 unspecified atom stereocenters. The normalized spacial score (nSPS) is 16.4. The highest BCUT2D eigenvalue weighted by atomic mass is 16.5. The molecule has 1 heterocycles. The summed E-state index contributed by atoms with van der Waals surface area (Å²) in [6, 6.07) is 17.8. The molecular formula is C22H26N2O3. The minimum Gasteiger partial charge on any atom is -0.497 e. The molecule has 0 aromatic heterocycles. The fraction of sp³-hybridized carbons (Fsp3) is 0.364. The number of benzene rings is 2. The SMILES string of the molecule is COc1cccc(CCC(=O)NCC2CC(=O)N(Cc3ccccc3)C2)c1. The quantitative estimate of drug-likeness (QED) is 0.782. The molecule has 1 N–H and O–H groups in total. The van der Waals surface area contributed by atoms with Gasteiger partial charge in [-0.1, -0.05) is 42.5 Å². The van der Waals surface area contributed by atoms with E-state index >= 15 is 0 Å². The first kappa shape index (κ1) is 19.0. The molecule has 1 saturated heterocycles. The zero-order valence-electron chi connectivity index (χ0n) is 15.7. The summed E-state index contributed by atoms with van der Waals surface area (Å²) < 4.78 is 5.20. The predicted octanol–water partition coefficient (Wildman–Crippen LogP) is 2.79. The summed E-state index contributed by atoms with van der Waals surface area (Å²) >= 11 is 0. The van der Waals surface area contributed by atoms with E-state index in [0.717, 1.165) is 16.9 Å². The van der Waals surface area contributed by atoms with E-state index in [1.165, 1.54) is 0 Å². The van der Waals surface area contributed by atoms with Crippen LogP contribution < -0.4 is 10.1 Å². The number of likely N-dealkylation sites (tertiary alicyclic amines) is 1. The molecule has 0 spiro atoms. The largest absolute Gasteiger partial charge is 0.497 e. The number of carbonyl (C=O) groups excluding carboxylic acids is 2. The van der Waals surface area contributed by atoms with Gasteiger partial charge < -0.3 is 15.0 Å². The van der Waals surface area contributed by atoms with Crippen LogP contribution in [0.15, 0.2) is 54.6 Å². The van der Waals surface area contributed by atoms with Crippen molar-refractivity contribution < 1.29 is 14.3 Å². The van der Waals surface area contributed by atoms with Crippen molar-refractivity contribution in [3.8, 4) is 5.75 Å². The van der Waals surface area contributed by atoms with E-state index < -0.39 is 0 Å². The Morgan fingerprint density at radius 1 is 1.15 bits per heavy atom. The summed E-state index contributed by atoms with van der Waals surface area (Å²) in [5.41, 5.74) is 2.21. The van der Waals surface area contributed by atoms with Crippen molar-refractivity contribution in [1.82, 2.24) is 10.2 Å². The zero-order valence-corrected chi connectivity index (χ0v) is 15.7. The maximum atomic E-state index is 12.2. The van der Waals surface area contributed by atoms with Crippen LogP contribution in [0, 0.1) is 5.92 Å². The molecule has 1 aliphatic heterocycles. The molecule has 1 atom stereocenters. The maximum Gasteiger partial charge on any atom is 0.223 e. The smallest absolute Gasteiger partial charge is 0.223 e. The molecule has 142 valence electrons. The fourth-order valence-electron chi connectivity index (χ4n) is 3.38. The third kappa shape index (κ3) is 5.58. The summed E-state index contributed by atoms with van der Waals surface area (Å²) in [6.45, 7) is 1.89. The number of carbonyl (C=O) groups is 2. The Bertz CT molecular complexity index is 776. The van der Waals surface area contributed by atoms with E-state index in [0.29, 0.717) is 38.9 Å². The lowest BCUT2D eigenvalue weighted by molar-refractivity contribution is -0.128. The third-order valence-corrected chi connectivity index (χ3v) is 4.87. The van der Waals surface area contributed by atoms with E-state index in [-0.39, 0.29) is 17.7 Å². The highest BCUT2D eigenvalue weighted by Gasteiger charge is 2.29. The highest BCUT2D eigenvalue weighted by Crippen LogP contribution is 2.20. The molecule has 1 aliphatic rings. The Hall–Kier alpha value is -2.82. The number of nitrogens with zero attached hydrogens (tertiary/aromatic N) is 1. The van der Waals surface area contributed by atoms with Gasteiger partial charge in [0, 0.05) is 38.4 Å². The lowest BCUT2D eigenvalue weighted by Crippen LogP contribution is -2.31. The van der Waals surface area contributed by atoms with Gasteiger partial charge in [0.05, 0.1) is 7.11 Å². The van der Waals surface area contributed by atoms with Crippen LogP contribution >= 0.6 is 0 Å². The van der Waals surface area contributed by atoms with Gasteiger partial charge in [-0.05, 0) is 29.7 Å². The minimum absolute atomic E-state index is 0.0202. The second-order valence-electron chi connectivity index (χ2n) is 6.99. The molecule has 27 heavy (non-hydrogen) atoms. The van der Waals surface area contributed by atoms with Crippen molar-refractivity contribution in [2.45, 2.75) is 25.8 Å². The molecule has 2 aromatic rings. The Kier molecular flexibility index (Phi) is 6.47. The van der Waals surface area contributed by atoms with Gasteiger partial charge in [0.2, 0.25) is 11.8 Å². The van der Waals surface area contributed by atoms with Gasteiger partial charge in [0.15, 0.2) is 0 Å². The van der Waals surface area contributed by atoms with Crippen LogP contribution in [0.3, 0.4) is 0 Å². The van der Waals surface area contributed by atoms with Gasteiger partial charge in [-0.3, -0.25) is 9.59 Å². The number of methoxy groups -OCH3 is 1. The highest BCUT2D eigenvalue weighted by molar-refractivity contribution is 5.79. The lowest BCUT2D eigenvalue weighted by atomic mass is 10.1. The molecule has 0 radical (unpaired) electrons. The molecule has 0 saturated carbocycles. The van der Waals surface area contributed by atoms with E-state index in [9.17, 15) is 9.59 Å². The monoisotopic (exact) mass is 366 g/mol. The predicted molar refractivity (Wildman–Crippen MR) is 104 cm³/mol. The first-order valence-electron chi connectivity index (χ1n) is 9.35. The molecule has 0 bridgehead atoms. The van der Waals surface area contributed by atoms with Crippen LogP contribution in [0.4, 0.5) is 0 Å². The van der Waals surface area contributed by atoms with Crippen molar-refractivity contribution in [3.05, 3.63) is 65.7 Å². The van der Waals surface area contributed by atoms with Gasteiger partial charge >= 0.3 is 0 Å². The van der Waals surface area contributed by atoms with Crippen LogP contribution in [0.5, 0.6) is 5.75 Å². The van der Waals surface area contributed by atoms with Gasteiger partial charge in [-0.25, -0.2) is 0 Å². The molecule has 5 nitrogen and oxygen atoms in total. The van der Waals surface area contributed by atoms with Crippen LogP contribution in [0.1, 0.15) is 24.0 Å². The zero-order chi connectivity index (χ0) is 19.1. The first-order valence-corrected chi connectivity index (χ1v) is 9.35. The van der Waals surface area contributed by atoms with E-state index in [4.69, 9.17) is 4.74 Å². The molecule has 5 heteroatoms. The standard InChI is InChI=1S/C22H26N2O3/c1-27-20-9-5-8-17(12-20)10-11-21(25)23-14-19-13-22(26)24(16-19)15-18-6-3-2-4-7-18/h2-9,12,19H,10-11,13-16H2,1H3,(H,23,25). The minimum atomic E-state index is 0.0202. The van der Waals surface area contributed by atoms with Gasteiger partial charge in [0.25, 0.3) is 0 Å². The van der Waals surface area contributed by atoms with Crippen molar-refractivity contribution in [1.29, 1.82) is 0 Å². The van der Waals surface area contributed by atoms with E-state index in [2.05, 4.69) is 5.32 Å². The molecule has 2 amide bonds. The fourth-order valence-corrected chi connectivity index (χ4v) is 3.38. The summed E-state index contributed by atoms with van der Waals surface area (Å²) in [7, 11) is 1.63. The molecule has 0 aliphatic carbocycles. The molecule has 2 aromatic carbocycles. The Morgan fingerprint density at radius 2 is 1.93 bits per heavy atom. The second-order valence-corrected chi connectivity index (χ2v) is 6.99. The third-order valence-electron chi connectivity index (χ3n) is 4.87. The number of hydrogen-bond donors (Lipinski definition) is 1. The van der Waals surface area contributed by atoms with Crippen LogP contribution in [-0.4, -0.2) is 36.9 Å². The molecular weight excluding hydrogens is 340 g/mol. The average Bonchev–Trinajstić information content (AvgIpc) is 3.05. The van der Waals surface area contributed by atoms with E-state index in [1.807, 2.05) is 59.5 Å². The Balaban J connectivity index is 1.40. The lowest BCUT2D eigenvalue weighted by Gasteiger charge is -2.17. The van der Waals surface area contributed by atoms with Crippen LogP contribution in [0.2, 0.25) is 0 Å². The first-order chi connectivity index (χ1) is 13.1. The van der Waals surface area contributed by atoms with E-state index in [1.54, 1.807) is 7.11 Å². The number of aryl methyl sites for hydroxylation is 1. The maximum absolute atomic E-state index is 12.2. The number of hydrogen-bond acceptors (Lipinski definition) is 3. The number of nitrogens with one attached hydrogen (secondary N) is 1. The van der Waals surface area contributed by atoms with Gasteiger partial charge in [-0.2, -0.15) is 0 Å². The Labute approximate surface area is 160 Å². The number of ether oxygens (including phenoxy) is 1. The summed E-state index contributed by atoms with van der Waals surface area (Å²) in [6.07, 6.45) is 1.61. The van der Waals surface area contributed by atoms with Crippen molar-refractivity contribution in [3.63, 3.8) is 0 Å². The van der Waals surface area contributed by atoms with Gasteiger partial charge in [0.1, 0.15) is 5.75 Å². The summed E-state index contributed by atoms with van der Waals surface area (Å²) in [5, 5.41) is 2.98. The van der Waals surface area contributed by atoms with Crippen LogP contribution in [-0.2, 0) is 22.6 Å². The van der Waals surface area contributed by atoms with Crippen molar-refractivity contribution >= 4 is 11.8 Å². The second kappa shape index (κ2) is 9.21. The Morgan fingerprint density at radius 3 is 2.70 bits per heavy atom.